The molecule has 2 aromatic heterocycles. The van der Waals surface area contributed by atoms with Crippen molar-refractivity contribution in [2.24, 2.45) is 0 Å². The van der Waals surface area contributed by atoms with Crippen molar-refractivity contribution in [3.05, 3.63) is 40.0 Å². The molecule has 0 unspecified atom stereocenters. The molecule has 3 aromatic rings. The molecule has 164 valence electrons. The lowest BCUT2D eigenvalue weighted by molar-refractivity contribution is 0.0605. The van der Waals surface area contributed by atoms with Gasteiger partial charge < -0.3 is 14.8 Å². The molecular formula is C19H19ClN4O5S2. The van der Waals surface area contributed by atoms with E-state index in [9.17, 15) is 13.2 Å². The maximum atomic E-state index is 13.0. The summed E-state index contributed by atoms with van der Waals surface area (Å²) in [6.07, 6.45) is 1.36. The van der Waals surface area contributed by atoms with Gasteiger partial charge in [0.15, 0.2) is 0 Å². The molecule has 31 heavy (non-hydrogen) atoms. The van der Waals surface area contributed by atoms with Crippen LogP contribution < -0.4 is 5.32 Å². The molecule has 0 amide bonds. The van der Waals surface area contributed by atoms with Crippen LogP contribution in [0, 0.1) is 6.92 Å². The van der Waals surface area contributed by atoms with Gasteiger partial charge in [0.2, 0.25) is 10.0 Å². The highest BCUT2D eigenvalue weighted by atomic mass is 35.5. The van der Waals surface area contributed by atoms with E-state index in [1.165, 1.54) is 47.3 Å². The number of aryl methyl sites for hydroxylation is 1. The van der Waals surface area contributed by atoms with E-state index < -0.39 is 16.0 Å². The van der Waals surface area contributed by atoms with Gasteiger partial charge >= 0.3 is 5.97 Å². The van der Waals surface area contributed by atoms with E-state index in [1.807, 2.05) is 0 Å². The Hall–Kier alpha value is -2.31. The smallest absolute Gasteiger partial charge is 0.348 e. The molecule has 0 spiro atoms. The molecule has 1 aromatic carbocycles. The summed E-state index contributed by atoms with van der Waals surface area (Å²) in [4.78, 5) is 21.7. The minimum Gasteiger partial charge on any atom is -0.465 e. The number of morpholine rings is 1. The molecule has 9 nitrogen and oxygen atoms in total. The summed E-state index contributed by atoms with van der Waals surface area (Å²) in [5.41, 5.74) is 1.05. The Morgan fingerprint density at radius 1 is 1.29 bits per heavy atom. The van der Waals surface area contributed by atoms with Crippen LogP contribution in [0.4, 0.5) is 11.5 Å². The molecule has 12 heteroatoms. The van der Waals surface area contributed by atoms with E-state index in [1.54, 1.807) is 6.92 Å². The SMILES string of the molecule is COC(=O)c1sc2ncnc(Nc3cc(S(=O)(=O)N4CCOCC4)ccc3Cl)c2c1C. The Bertz CT molecular complexity index is 1260. The maximum Gasteiger partial charge on any atom is 0.348 e. The van der Waals surface area contributed by atoms with Gasteiger partial charge in [-0.15, -0.1) is 11.3 Å². The minimum atomic E-state index is -3.69. The van der Waals surface area contributed by atoms with Crippen LogP contribution in [0.15, 0.2) is 29.4 Å². The zero-order valence-corrected chi connectivity index (χ0v) is 19.1. The number of ether oxygens (including phenoxy) is 2. The first-order chi connectivity index (χ1) is 14.8. The molecule has 4 rings (SSSR count). The maximum absolute atomic E-state index is 13.0. The van der Waals surface area contributed by atoms with Crippen molar-refractivity contribution in [2.75, 3.05) is 38.7 Å². The zero-order valence-electron chi connectivity index (χ0n) is 16.7. The summed E-state index contributed by atoms with van der Waals surface area (Å²) < 4.78 is 37.5. The summed E-state index contributed by atoms with van der Waals surface area (Å²) in [7, 11) is -2.38. The van der Waals surface area contributed by atoms with Gasteiger partial charge in [-0.2, -0.15) is 4.31 Å². The van der Waals surface area contributed by atoms with Gasteiger partial charge in [-0.3, -0.25) is 0 Å². The van der Waals surface area contributed by atoms with Gasteiger partial charge in [0.1, 0.15) is 21.9 Å². The highest BCUT2D eigenvalue weighted by molar-refractivity contribution is 7.89. The van der Waals surface area contributed by atoms with E-state index >= 15 is 0 Å². The number of halogens is 1. The number of aromatic nitrogens is 2. The van der Waals surface area contributed by atoms with Crippen LogP contribution in [0.1, 0.15) is 15.2 Å². The molecule has 3 heterocycles. The number of esters is 1. The summed E-state index contributed by atoms with van der Waals surface area (Å²) in [6.45, 7) is 3.09. The van der Waals surface area contributed by atoms with E-state index in [0.29, 0.717) is 63.5 Å². The van der Waals surface area contributed by atoms with Crippen molar-refractivity contribution in [2.45, 2.75) is 11.8 Å². The number of anilines is 2. The monoisotopic (exact) mass is 482 g/mol. The van der Waals surface area contributed by atoms with Crippen molar-refractivity contribution in [3.63, 3.8) is 0 Å². The third kappa shape index (κ3) is 4.11. The molecule has 1 aliphatic rings. The second-order valence-electron chi connectivity index (χ2n) is 6.73. The third-order valence-corrected chi connectivity index (χ3v) is 8.30. The first kappa shape index (κ1) is 21.9. The largest absolute Gasteiger partial charge is 0.465 e. The van der Waals surface area contributed by atoms with Crippen molar-refractivity contribution >= 4 is 60.7 Å². The first-order valence-electron chi connectivity index (χ1n) is 9.30. The summed E-state index contributed by atoms with van der Waals surface area (Å²) >= 11 is 7.54. The fourth-order valence-electron chi connectivity index (χ4n) is 3.28. The Morgan fingerprint density at radius 2 is 2.03 bits per heavy atom. The molecule has 0 bridgehead atoms. The number of fused-ring (bicyclic) bond motifs is 1. The number of hydrogen-bond acceptors (Lipinski definition) is 9. The molecule has 1 saturated heterocycles. The Morgan fingerprint density at radius 3 is 2.74 bits per heavy atom. The second kappa shape index (κ2) is 8.67. The summed E-state index contributed by atoms with van der Waals surface area (Å²) in [6, 6.07) is 4.47. The lowest BCUT2D eigenvalue weighted by Gasteiger charge is -2.26. The van der Waals surface area contributed by atoms with Crippen LogP contribution in [0.2, 0.25) is 5.02 Å². The van der Waals surface area contributed by atoms with Gasteiger partial charge in [0.05, 0.1) is 41.3 Å². The lowest BCUT2D eigenvalue weighted by Crippen LogP contribution is -2.40. The van der Waals surface area contributed by atoms with Crippen molar-refractivity contribution < 1.29 is 22.7 Å². The molecule has 0 saturated carbocycles. The van der Waals surface area contributed by atoms with E-state index in [-0.39, 0.29) is 4.90 Å². The molecule has 1 N–H and O–H groups in total. The highest BCUT2D eigenvalue weighted by Gasteiger charge is 2.27. The molecular weight excluding hydrogens is 464 g/mol. The number of nitrogens with one attached hydrogen (secondary N) is 1. The number of hydrogen-bond donors (Lipinski definition) is 1. The average Bonchev–Trinajstić information content (AvgIpc) is 3.12. The Kier molecular flexibility index (Phi) is 6.13. The minimum absolute atomic E-state index is 0.115. The van der Waals surface area contributed by atoms with Gasteiger partial charge in [-0.25, -0.2) is 23.2 Å². The first-order valence-corrected chi connectivity index (χ1v) is 11.9. The number of benzene rings is 1. The van der Waals surface area contributed by atoms with Crippen LogP contribution >= 0.6 is 22.9 Å². The quantitative estimate of drug-likeness (QED) is 0.552. The summed E-state index contributed by atoms with van der Waals surface area (Å²) in [5.74, 6) is -0.0418. The third-order valence-electron chi connectivity index (χ3n) is 4.90. The molecule has 1 fully saturated rings. The van der Waals surface area contributed by atoms with Crippen molar-refractivity contribution in [1.29, 1.82) is 0 Å². The predicted octanol–water partition coefficient (Wildman–Crippen LogP) is 3.20. The fourth-order valence-corrected chi connectivity index (χ4v) is 5.94. The van der Waals surface area contributed by atoms with E-state index in [0.717, 1.165) is 0 Å². The van der Waals surface area contributed by atoms with E-state index in [2.05, 4.69) is 15.3 Å². The molecule has 0 atom stereocenters. The van der Waals surface area contributed by atoms with Crippen LogP contribution in [0.25, 0.3) is 10.2 Å². The fraction of sp³-hybridized carbons (Fsp3) is 0.316. The number of carbonyl (C=O) groups excluding carboxylic acids is 1. The number of thiophene rings is 1. The zero-order chi connectivity index (χ0) is 22.2. The molecule has 0 aliphatic carbocycles. The number of methoxy groups -OCH3 is 1. The summed E-state index contributed by atoms with van der Waals surface area (Å²) in [5, 5.41) is 4.08. The normalized spacial score (nSPS) is 15.2. The molecule has 0 radical (unpaired) electrons. The Labute approximate surface area is 188 Å². The van der Waals surface area contributed by atoms with Crippen molar-refractivity contribution in [1.82, 2.24) is 14.3 Å². The van der Waals surface area contributed by atoms with Gasteiger partial charge in [0.25, 0.3) is 0 Å². The van der Waals surface area contributed by atoms with Crippen molar-refractivity contribution in [3.8, 4) is 0 Å². The topological polar surface area (TPSA) is 111 Å². The number of rotatable bonds is 5. The van der Waals surface area contributed by atoms with Crippen LogP contribution in [-0.2, 0) is 19.5 Å². The Balaban J connectivity index is 1.73. The number of sulfonamides is 1. The van der Waals surface area contributed by atoms with E-state index in [4.69, 9.17) is 21.1 Å². The average molecular weight is 483 g/mol. The van der Waals surface area contributed by atoms with Gasteiger partial charge in [-0.1, -0.05) is 11.6 Å². The van der Waals surface area contributed by atoms with Crippen LogP contribution in [0.3, 0.4) is 0 Å². The number of carbonyl (C=O) groups is 1. The van der Waals surface area contributed by atoms with Gasteiger partial charge in [0, 0.05) is 13.1 Å². The number of nitrogens with zero attached hydrogens (tertiary/aromatic N) is 3. The molecule has 1 aliphatic heterocycles. The standard InChI is InChI=1S/C19H19ClN4O5S2/c1-11-15-17(21-10-22-18(15)30-16(11)19(25)28-2)23-14-9-12(3-4-13(14)20)31(26,27)24-5-7-29-8-6-24/h3-4,9-10H,5-8H2,1-2H3,(H,21,22,23). The second-order valence-corrected chi connectivity index (χ2v) is 10.1. The lowest BCUT2D eigenvalue weighted by atomic mass is 10.2. The van der Waals surface area contributed by atoms with Crippen LogP contribution in [-0.4, -0.2) is 62.1 Å². The van der Waals surface area contributed by atoms with Crippen LogP contribution in [0.5, 0.6) is 0 Å². The highest BCUT2D eigenvalue weighted by Crippen LogP contribution is 2.36. The van der Waals surface area contributed by atoms with Gasteiger partial charge in [-0.05, 0) is 30.7 Å². The predicted molar refractivity (Wildman–Crippen MR) is 118 cm³/mol.